The Morgan fingerprint density at radius 3 is 2.59 bits per heavy atom. The van der Waals surface area contributed by atoms with Gasteiger partial charge in [-0.15, -0.1) is 0 Å². The first-order valence-electron chi connectivity index (χ1n) is 13.8. The van der Waals surface area contributed by atoms with Crippen LogP contribution in [0.15, 0.2) is 63.0 Å². The number of oxazole rings is 1. The van der Waals surface area contributed by atoms with Gasteiger partial charge >= 0.3 is 11.8 Å². The highest BCUT2D eigenvalue weighted by atomic mass is 16.5. The molecule has 0 radical (unpaired) electrons. The maximum absolute atomic E-state index is 13.5. The number of Topliss-reactive ketones (excluding diaryl/α,β-unsaturated/α-hetero) is 1. The summed E-state index contributed by atoms with van der Waals surface area (Å²) in [5.41, 5.74) is 5.08. The van der Waals surface area contributed by atoms with Crippen molar-refractivity contribution in [2.24, 2.45) is 7.05 Å². The molecule has 10 heteroatoms. The maximum Gasteiger partial charge on any atom is 0.419 e. The second-order valence-electron chi connectivity index (χ2n) is 10.9. The average Bonchev–Trinajstić information content (AvgIpc) is 3.15. The first kappa shape index (κ1) is 26.6. The van der Waals surface area contributed by atoms with E-state index < -0.39 is 5.76 Å². The first-order chi connectivity index (χ1) is 19.7. The minimum absolute atomic E-state index is 0.0780. The van der Waals surface area contributed by atoms with Gasteiger partial charge in [0.2, 0.25) is 0 Å². The highest BCUT2D eigenvalue weighted by Crippen LogP contribution is 2.30. The Morgan fingerprint density at radius 2 is 1.83 bits per heavy atom. The molecule has 1 aromatic heterocycles. The lowest BCUT2D eigenvalue weighted by atomic mass is 9.93. The van der Waals surface area contributed by atoms with Crippen molar-refractivity contribution in [3.8, 4) is 5.75 Å². The number of methoxy groups -OCH3 is 1. The highest BCUT2D eigenvalue weighted by Gasteiger charge is 2.32. The number of aryl methyl sites for hydroxylation is 2. The summed E-state index contributed by atoms with van der Waals surface area (Å²) in [5.74, 6) is -0.145. The minimum atomic E-state index is -0.493. The zero-order chi connectivity index (χ0) is 28.8. The molecule has 0 spiro atoms. The van der Waals surface area contributed by atoms with E-state index in [1.807, 2.05) is 30.0 Å². The number of fused-ring (bicyclic) bond motifs is 2. The monoisotopic (exact) mass is 556 g/mol. The number of carbonyl (C=O) groups excluding carboxylic acids is 3. The van der Waals surface area contributed by atoms with Crippen molar-refractivity contribution in [2.75, 3.05) is 32.1 Å². The molecule has 3 aromatic rings. The van der Waals surface area contributed by atoms with Crippen LogP contribution >= 0.6 is 0 Å². The van der Waals surface area contributed by atoms with E-state index in [0.29, 0.717) is 41.9 Å². The molecule has 1 saturated heterocycles. The predicted molar refractivity (Wildman–Crippen MR) is 153 cm³/mol. The third-order valence-electron chi connectivity index (χ3n) is 8.34. The van der Waals surface area contributed by atoms with Crippen LogP contribution in [-0.4, -0.2) is 64.8 Å². The Morgan fingerprint density at radius 1 is 1.05 bits per heavy atom. The molecule has 0 unspecified atom stereocenters. The summed E-state index contributed by atoms with van der Waals surface area (Å²) in [5, 5.41) is 3.05. The molecule has 1 N–H and O–H groups in total. The number of rotatable bonds is 5. The molecule has 2 amide bonds. The van der Waals surface area contributed by atoms with Gasteiger partial charge in [-0.25, -0.2) is 9.59 Å². The van der Waals surface area contributed by atoms with Gasteiger partial charge in [-0.2, -0.15) is 0 Å². The normalized spacial score (nSPS) is 18.0. The van der Waals surface area contributed by atoms with Gasteiger partial charge in [-0.3, -0.25) is 14.2 Å². The van der Waals surface area contributed by atoms with Crippen LogP contribution in [0.2, 0.25) is 0 Å². The van der Waals surface area contributed by atoms with Crippen molar-refractivity contribution in [1.29, 1.82) is 0 Å². The Hall–Kier alpha value is -4.60. The standard InChI is InChI=1S/C31H32N4O6/c1-18-12-20(16-27-28(18)33(2)31(39)41-27)29(37)21-13-23(17-24(36)14-21)34-9-7-22(8-10-34)35-11-6-19-15-25(40-3)4-5-26(19)32-30(35)38/h4-5,12-16,22H,6-11,17H2,1-3H3,(H,32,38). The van der Waals surface area contributed by atoms with Gasteiger partial charge in [0.05, 0.1) is 19.0 Å². The third-order valence-corrected chi connectivity index (χ3v) is 8.34. The Kier molecular flexibility index (Phi) is 6.76. The molecule has 0 saturated carbocycles. The summed E-state index contributed by atoms with van der Waals surface area (Å²) in [4.78, 5) is 55.3. The predicted octanol–water partition coefficient (Wildman–Crippen LogP) is 3.97. The van der Waals surface area contributed by atoms with Crippen molar-refractivity contribution in [2.45, 2.75) is 38.6 Å². The molecule has 10 nitrogen and oxygen atoms in total. The van der Waals surface area contributed by atoms with E-state index in [2.05, 4.69) is 10.2 Å². The van der Waals surface area contributed by atoms with Crippen LogP contribution in [0.4, 0.5) is 10.5 Å². The van der Waals surface area contributed by atoms with E-state index in [4.69, 9.17) is 9.15 Å². The molecular weight excluding hydrogens is 524 g/mol. The number of nitrogens with one attached hydrogen (secondary N) is 1. The smallest absolute Gasteiger partial charge is 0.419 e. The Bertz CT molecular complexity index is 1700. The summed E-state index contributed by atoms with van der Waals surface area (Å²) in [6.07, 6.45) is 5.68. The molecule has 2 aliphatic heterocycles. The number of hydrogen-bond donors (Lipinski definition) is 1. The Balaban J connectivity index is 1.15. The van der Waals surface area contributed by atoms with Gasteiger partial charge in [0, 0.05) is 55.2 Å². The highest BCUT2D eigenvalue weighted by molar-refractivity contribution is 6.16. The number of piperidine rings is 1. The van der Waals surface area contributed by atoms with Crippen molar-refractivity contribution in [3.63, 3.8) is 0 Å². The van der Waals surface area contributed by atoms with Crippen LogP contribution in [0.5, 0.6) is 5.75 Å². The topological polar surface area (TPSA) is 114 Å². The summed E-state index contributed by atoms with van der Waals surface area (Å²) in [6, 6.07) is 8.96. The van der Waals surface area contributed by atoms with Crippen molar-refractivity contribution in [1.82, 2.24) is 14.4 Å². The fourth-order valence-electron chi connectivity index (χ4n) is 6.18. The molecule has 212 valence electrons. The molecule has 0 atom stereocenters. The number of ketones is 2. The van der Waals surface area contributed by atoms with Gasteiger partial charge in [0.1, 0.15) is 5.75 Å². The molecule has 1 aliphatic carbocycles. The molecule has 41 heavy (non-hydrogen) atoms. The van der Waals surface area contributed by atoms with Crippen molar-refractivity contribution >= 4 is 34.4 Å². The van der Waals surface area contributed by atoms with Gasteiger partial charge in [0.15, 0.2) is 17.1 Å². The van der Waals surface area contributed by atoms with E-state index >= 15 is 0 Å². The summed E-state index contributed by atoms with van der Waals surface area (Å²) in [6.45, 7) is 3.79. The van der Waals surface area contributed by atoms with Gasteiger partial charge < -0.3 is 24.3 Å². The van der Waals surface area contributed by atoms with Crippen LogP contribution < -0.4 is 15.8 Å². The van der Waals surface area contributed by atoms with E-state index in [1.165, 1.54) is 10.6 Å². The summed E-state index contributed by atoms with van der Waals surface area (Å²) >= 11 is 0. The lowest BCUT2D eigenvalue weighted by molar-refractivity contribution is -0.114. The summed E-state index contributed by atoms with van der Waals surface area (Å²) < 4.78 is 12.1. The number of ether oxygens (including phenoxy) is 1. The van der Waals surface area contributed by atoms with Crippen molar-refractivity contribution in [3.05, 3.63) is 81.0 Å². The molecule has 2 aromatic carbocycles. The van der Waals surface area contributed by atoms with E-state index in [0.717, 1.165) is 47.5 Å². The van der Waals surface area contributed by atoms with Gasteiger partial charge in [0.25, 0.3) is 0 Å². The first-order valence-corrected chi connectivity index (χ1v) is 13.8. The zero-order valence-corrected chi connectivity index (χ0v) is 23.4. The van der Waals surface area contributed by atoms with Crippen LogP contribution in [-0.2, 0) is 18.3 Å². The number of aromatic nitrogens is 1. The quantitative estimate of drug-likeness (QED) is 0.473. The number of likely N-dealkylation sites (tertiary alicyclic amines) is 1. The molecule has 6 rings (SSSR count). The molecule has 0 bridgehead atoms. The maximum atomic E-state index is 13.5. The number of urea groups is 1. The fourth-order valence-corrected chi connectivity index (χ4v) is 6.18. The molecular formula is C31H32N4O6. The van der Waals surface area contributed by atoms with Gasteiger partial charge in [-0.1, -0.05) is 0 Å². The second-order valence-corrected chi connectivity index (χ2v) is 10.9. The Labute approximate surface area is 236 Å². The van der Waals surface area contributed by atoms with E-state index in [-0.39, 0.29) is 30.1 Å². The number of amides is 2. The lowest BCUT2D eigenvalue weighted by Gasteiger charge is -2.40. The fraction of sp³-hybridized carbons (Fsp3) is 0.355. The molecule has 1 fully saturated rings. The SMILES string of the molecule is COc1ccc2c(c1)CCN(C1CCN(C3=CC(C(=O)c4cc(C)c5c(c4)oc(=O)n5C)=CC(=O)C3)CC1)C(=O)N2. The molecule has 3 aliphatic rings. The zero-order valence-electron chi connectivity index (χ0n) is 23.4. The van der Waals surface area contributed by atoms with Crippen LogP contribution in [0, 0.1) is 6.92 Å². The van der Waals surface area contributed by atoms with Gasteiger partial charge in [-0.05, 0) is 79.8 Å². The number of nitrogens with zero attached hydrogens (tertiary/aromatic N) is 3. The number of hydrogen-bond acceptors (Lipinski definition) is 7. The number of allylic oxidation sites excluding steroid dienone is 4. The summed E-state index contributed by atoms with van der Waals surface area (Å²) in [7, 11) is 3.25. The number of anilines is 1. The number of carbonyl (C=O) groups is 3. The minimum Gasteiger partial charge on any atom is -0.497 e. The largest absolute Gasteiger partial charge is 0.497 e. The van der Waals surface area contributed by atoms with Crippen LogP contribution in [0.1, 0.15) is 40.7 Å². The van der Waals surface area contributed by atoms with Crippen molar-refractivity contribution < 1.29 is 23.5 Å². The third kappa shape index (κ3) is 4.94. The number of benzene rings is 2. The van der Waals surface area contributed by atoms with E-state index in [1.54, 1.807) is 32.4 Å². The average molecular weight is 557 g/mol. The van der Waals surface area contributed by atoms with Crippen LogP contribution in [0.25, 0.3) is 11.1 Å². The lowest BCUT2D eigenvalue weighted by Crippen LogP contribution is -2.48. The molecule has 3 heterocycles. The van der Waals surface area contributed by atoms with E-state index in [9.17, 15) is 19.2 Å². The second kappa shape index (κ2) is 10.4. The van der Waals surface area contributed by atoms with Crippen LogP contribution in [0.3, 0.4) is 0 Å².